The van der Waals surface area contributed by atoms with Crippen LogP contribution in [0.4, 0.5) is 8.78 Å². The third-order valence-corrected chi connectivity index (χ3v) is 2.10. The van der Waals surface area contributed by atoms with Crippen molar-refractivity contribution in [2.45, 2.75) is 39.2 Å². The van der Waals surface area contributed by atoms with E-state index in [-0.39, 0.29) is 12.3 Å². The van der Waals surface area contributed by atoms with Crippen LogP contribution in [0.2, 0.25) is 0 Å². The van der Waals surface area contributed by atoms with Crippen LogP contribution in [-0.2, 0) is 6.42 Å². The summed E-state index contributed by atoms with van der Waals surface area (Å²) in [4.78, 5) is 4.00. The van der Waals surface area contributed by atoms with Gasteiger partial charge in [0, 0.05) is 6.42 Å². The van der Waals surface area contributed by atoms with Crippen LogP contribution in [0.5, 0.6) is 0 Å². The van der Waals surface area contributed by atoms with Gasteiger partial charge in [-0.1, -0.05) is 0 Å². The Hall–Kier alpha value is -0.970. The van der Waals surface area contributed by atoms with Crippen molar-refractivity contribution in [1.82, 2.24) is 4.98 Å². The Labute approximate surface area is 81.3 Å². The number of nitrogens with zero attached hydrogens (tertiary/aromatic N) is 1. The molecule has 0 saturated heterocycles. The van der Waals surface area contributed by atoms with Gasteiger partial charge in [-0.05, 0) is 20.8 Å². The molecule has 0 amide bonds. The molecule has 0 aliphatic carbocycles. The molecule has 0 fully saturated rings. The maximum atomic E-state index is 12.4. The smallest absolute Gasteiger partial charge is 0.256 e. The topological polar surface area (TPSA) is 52.0 Å². The maximum absolute atomic E-state index is 12.4. The number of alkyl halides is 2. The van der Waals surface area contributed by atoms with Gasteiger partial charge in [-0.3, -0.25) is 0 Å². The highest BCUT2D eigenvalue weighted by Crippen LogP contribution is 2.19. The number of hydrogen-bond acceptors (Lipinski definition) is 3. The molecule has 0 aromatic carbocycles. The normalized spacial score (nSPS) is 15.9. The first-order valence-corrected chi connectivity index (χ1v) is 4.33. The SMILES string of the molecule is Cc1nc(CC(C)(N)C(F)F)oc1C. The predicted octanol–water partition coefficient (Wildman–Crippen LogP) is 1.82. The van der Waals surface area contributed by atoms with Crippen molar-refractivity contribution < 1.29 is 13.2 Å². The Bertz CT molecular complexity index is 301. The monoisotopic (exact) mass is 204 g/mol. The van der Waals surface area contributed by atoms with Gasteiger partial charge in [0.2, 0.25) is 0 Å². The molecule has 0 bridgehead atoms. The van der Waals surface area contributed by atoms with Crippen LogP contribution >= 0.6 is 0 Å². The zero-order valence-electron chi connectivity index (χ0n) is 8.47. The van der Waals surface area contributed by atoms with Crippen LogP contribution in [-0.4, -0.2) is 16.9 Å². The zero-order valence-corrected chi connectivity index (χ0v) is 8.47. The summed E-state index contributed by atoms with van der Waals surface area (Å²) in [6.07, 6.45) is -2.64. The predicted molar refractivity (Wildman–Crippen MR) is 48.3 cm³/mol. The summed E-state index contributed by atoms with van der Waals surface area (Å²) < 4.78 is 30.0. The van der Waals surface area contributed by atoms with Crippen molar-refractivity contribution in [3.05, 3.63) is 17.3 Å². The number of hydrogen-bond donors (Lipinski definition) is 1. The van der Waals surface area contributed by atoms with E-state index in [9.17, 15) is 8.78 Å². The lowest BCUT2D eigenvalue weighted by atomic mass is 10.0. The zero-order chi connectivity index (χ0) is 10.9. The highest BCUT2D eigenvalue weighted by atomic mass is 19.3. The first-order chi connectivity index (χ1) is 6.33. The second-order valence-corrected chi connectivity index (χ2v) is 3.73. The molecule has 1 aromatic rings. The molecular weight excluding hydrogens is 190 g/mol. The fourth-order valence-corrected chi connectivity index (χ4v) is 1.02. The molecule has 0 aliphatic rings. The van der Waals surface area contributed by atoms with Crippen molar-refractivity contribution in [2.75, 3.05) is 0 Å². The molecule has 1 atom stereocenters. The van der Waals surface area contributed by atoms with E-state index in [2.05, 4.69) is 4.98 Å². The second kappa shape index (κ2) is 3.65. The summed E-state index contributed by atoms with van der Waals surface area (Å²) in [5.74, 6) is 0.912. The van der Waals surface area contributed by atoms with E-state index in [1.807, 2.05) is 0 Å². The van der Waals surface area contributed by atoms with Crippen molar-refractivity contribution >= 4 is 0 Å². The number of rotatable bonds is 3. The summed E-state index contributed by atoms with van der Waals surface area (Å²) in [6, 6.07) is 0. The molecule has 0 aliphatic heterocycles. The molecule has 5 heteroatoms. The quantitative estimate of drug-likeness (QED) is 0.817. The van der Waals surface area contributed by atoms with E-state index in [1.165, 1.54) is 6.92 Å². The first kappa shape index (κ1) is 11.1. The number of oxazole rings is 1. The minimum Gasteiger partial charge on any atom is -0.446 e. The van der Waals surface area contributed by atoms with E-state index < -0.39 is 12.0 Å². The van der Waals surface area contributed by atoms with Crippen molar-refractivity contribution in [3.8, 4) is 0 Å². The lowest BCUT2D eigenvalue weighted by Gasteiger charge is -2.21. The Balaban J connectivity index is 2.78. The average Bonchev–Trinajstić information content (AvgIpc) is 2.29. The van der Waals surface area contributed by atoms with E-state index in [1.54, 1.807) is 13.8 Å². The molecule has 2 N–H and O–H groups in total. The van der Waals surface area contributed by atoms with E-state index in [4.69, 9.17) is 10.2 Å². The van der Waals surface area contributed by atoms with Gasteiger partial charge in [-0.25, -0.2) is 13.8 Å². The molecule has 1 heterocycles. The third-order valence-electron chi connectivity index (χ3n) is 2.10. The summed E-state index contributed by atoms with van der Waals surface area (Å²) in [5, 5.41) is 0. The number of aromatic nitrogens is 1. The summed E-state index contributed by atoms with van der Waals surface area (Å²) in [5.41, 5.74) is 4.53. The minimum atomic E-state index is -2.59. The van der Waals surface area contributed by atoms with Gasteiger partial charge in [-0.2, -0.15) is 0 Å². The van der Waals surface area contributed by atoms with Gasteiger partial charge in [0.15, 0.2) is 5.89 Å². The Morgan fingerprint density at radius 2 is 2.07 bits per heavy atom. The summed E-state index contributed by atoms with van der Waals surface area (Å²) in [6.45, 7) is 4.78. The molecule has 0 radical (unpaired) electrons. The van der Waals surface area contributed by atoms with Gasteiger partial charge in [0.1, 0.15) is 5.76 Å². The van der Waals surface area contributed by atoms with Gasteiger partial charge >= 0.3 is 0 Å². The lowest BCUT2D eigenvalue weighted by Crippen LogP contribution is -2.45. The molecule has 14 heavy (non-hydrogen) atoms. The van der Waals surface area contributed by atoms with Crippen LogP contribution in [0.3, 0.4) is 0 Å². The Morgan fingerprint density at radius 1 is 1.50 bits per heavy atom. The van der Waals surface area contributed by atoms with Crippen molar-refractivity contribution in [3.63, 3.8) is 0 Å². The van der Waals surface area contributed by atoms with Crippen LogP contribution in [0.1, 0.15) is 24.3 Å². The number of aryl methyl sites for hydroxylation is 2. The molecule has 1 aromatic heterocycles. The van der Waals surface area contributed by atoms with Gasteiger partial charge in [0.05, 0.1) is 11.2 Å². The second-order valence-electron chi connectivity index (χ2n) is 3.73. The van der Waals surface area contributed by atoms with Crippen LogP contribution < -0.4 is 5.73 Å². The van der Waals surface area contributed by atoms with Crippen LogP contribution in [0, 0.1) is 13.8 Å². The molecule has 0 saturated carbocycles. The molecule has 1 unspecified atom stereocenters. The fraction of sp³-hybridized carbons (Fsp3) is 0.667. The van der Waals surface area contributed by atoms with Gasteiger partial charge < -0.3 is 10.2 Å². The fourth-order valence-electron chi connectivity index (χ4n) is 1.02. The standard InChI is InChI=1S/C9H14F2N2O/c1-5-6(2)14-7(13-5)4-9(3,12)8(10)11/h8H,4,12H2,1-3H3. The summed E-state index contributed by atoms with van der Waals surface area (Å²) >= 11 is 0. The maximum Gasteiger partial charge on any atom is 0.256 e. The van der Waals surface area contributed by atoms with E-state index in [0.29, 0.717) is 11.5 Å². The van der Waals surface area contributed by atoms with Gasteiger partial charge in [0.25, 0.3) is 6.43 Å². The minimum absolute atomic E-state index is 0.0562. The molecule has 3 nitrogen and oxygen atoms in total. The lowest BCUT2D eigenvalue weighted by molar-refractivity contribution is 0.0601. The Kier molecular flexibility index (Phi) is 2.89. The van der Waals surface area contributed by atoms with Crippen LogP contribution in [0.15, 0.2) is 4.42 Å². The van der Waals surface area contributed by atoms with Crippen LogP contribution in [0.25, 0.3) is 0 Å². The highest BCUT2D eigenvalue weighted by molar-refractivity contribution is 5.07. The summed E-state index contributed by atoms with van der Waals surface area (Å²) in [7, 11) is 0. The Morgan fingerprint density at radius 3 is 2.43 bits per heavy atom. The first-order valence-electron chi connectivity index (χ1n) is 4.33. The van der Waals surface area contributed by atoms with E-state index in [0.717, 1.165) is 0 Å². The van der Waals surface area contributed by atoms with Gasteiger partial charge in [-0.15, -0.1) is 0 Å². The molecule has 0 spiro atoms. The molecular formula is C9H14F2N2O. The largest absolute Gasteiger partial charge is 0.446 e. The number of nitrogens with two attached hydrogens (primary N) is 1. The van der Waals surface area contributed by atoms with Crippen molar-refractivity contribution in [2.24, 2.45) is 5.73 Å². The number of halogens is 2. The highest BCUT2D eigenvalue weighted by Gasteiger charge is 2.32. The molecule has 1 rings (SSSR count). The average molecular weight is 204 g/mol. The van der Waals surface area contributed by atoms with Crippen molar-refractivity contribution in [1.29, 1.82) is 0 Å². The molecule has 80 valence electrons. The van der Waals surface area contributed by atoms with E-state index >= 15 is 0 Å². The third kappa shape index (κ3) is 2.29.